The topological polar surface area (TPSA) is 38.0 Å². The molecule has 2 rings (SSSR count). The lowest BCUT2D eigenvalue weighted by Gasteiger charge is -2.39. The van der Waals surface area contributed by atoms with Gasteiger partial charge in [0.15, 0.2) is 0 Å². The smallest absolute Gasteiger partial charge is 0.0336 e. The van der Waals surface area contributed by atoms with Crippen molar-refractivity contribution in [3.63, 3.8) is 0 Å². The first-order chi connectivity index (χ1) is 7.28. The van der Waals surface area contributed by atoms with Crippen LogP contribution in [0.2, 0.25) is 0 Å². The predicted molar refractivity (Wildman–Crippen MR) is 64.6 cm³/mol. The number of hydrogen-bond donors (Lipinski definition) is 2. The molecule has 2 heteroatoms. The molecule has 0 aromatic carbocycles. The Bertz CT molecular complexity index is 262. The molecule has 0 saturated heterocycles. The molecule has 15 heavy (non-hydrogen) atoms. The van der Waals surface area contributed by atoms with Gasteiger partial charge in [-0.3, -0.25) is 0 Å². The number of nitrogens with one attached hydrogen (secondary N) is 1. The molecule has 0 aromatic rings. The first-order valence-electron chi connectivity index (χ1n) is 6.06. The molecule has 0 amide bonds. The summed E-state index contributed by atoms with van der Waals surface area (Å²) in [5.41, 5.74) is 6.65. The lowest BCUT2D eigenvalue weighted by atomic mass is 9.78. The predicted octanol–water partition coefficient (Wildman–Crippen LogP) is 1.98. The Hall–Kier alpha value is -0.600. The van der Waals surface area contributed by atoms with Crippen molar-refractivity contribution in [3.05, 3.63) is 24.3 Å². The molecular weight excluding hydrogens is 184 g/mol. The van der Waals surface area contributed by atoms with Gasteiger partial charge < -0.3 is 11.1 Å². The van der Waals surface area contributed by atoms with Crippen molar-refractivity contribution in [2.45, 2.75) is 43.7 Å². The molecule has 0 radical (unpaired) electrons. The fourth-order valence-corrected chi connectivity index (χ4v) is 3.03. The second-order valence-corrected chi connectivity index (χ2v) is 4.85. The van der Waals surface area contributed by atoms with Crippen molar-refractivity contribution in [1.29, 1.82) is 0 Å². The third-order valence-electron chi connectivity index (χ3n) is 4.11. The van der Waals surface area contributed by atoms with Crippen LogP contribution in [0, 0.1) is 5.92 Å². The van der Waals surface area contributed by atoms with Crippen LogP contribution in [0.3, 0.4) is 0 Å². The van der Waals surface area contributed by atoms with E-state index in [1.54, 1.807) is 0 Å². The number of hydrogen-bond acceptors (Lipinski definition) is 2. The van der Waals surface area contributed by atoms with Gasteiger partial charge in [-0.1, -0.05) is 37.1 Å². The van der Waals surface area contributed by atoms with Crippen molar-refractivity contribution >= 4 is 0 Å². The molecule has 0 aromatic heterocycles. The Morgan fingerprint density at radius 1 is 1.33 bits per heavy atom. The highest BCUT2D eigenvalue weighted by atomic mass is 15.0. The van der Waals surface area contributed by atoms with Crippen LogP contribution in [-0.2, 0) is 0 Å². The van der Waals surface area contributed by atoms with Crippen molar-refractivity contribution in [1.82, 2.24) is 5.32 Å². The number of allylic oxidation sites excluding steroid dienone is 3. The highest BCUT2D eigenvalue weighted by molar-refractivity contribution is 5.16. The van der Waals surface area contributed by atoms with Gasteiger partial charge in [0, 0.05) is 11.6 Å². The normalized spacial score (nSPS) is 30.7. The Morgan fingerprint density at radius 3 is 2.60 bits per heavy atom. The molecule has 1 saturated carbocycles. The third-order valence-corrected chi connectivity index (χ3v) is 4.11. The summed E-state index contributed by atoms with van der Waals surface area (Å²) in [6, 6.07) is 0.256. The van der Waals surface area contributed by atoms with Gasteiger partial charge in [-0.25, -0.2) is 0 Å². The first kappa shape index (κ1) is 10.9. The molecule has 0 spiro atoms. The van der Waals surface area contributed by atoms with Gasteiger partial charge >= 0.3 is 0 Å². The highest BCUT2D eigenvalue weighted by Gasteiger charge is 2.40. The molecule has 2 atom stereocenters. The van der Waals surface area contributed by atoms with E-state index in [1.165, 1.54) is 25.7 Å². The minimum Gasteiger partial charge on any atom is -0.326 e. The first-order valence-corrected chi connectivity index (χ1v) is 6.06. The monoisotopic (exact) mass is 206 g/mol. The largest absolute Gasteiger partial charge is 0.326 e. The van der Waals surface area contributed by atoms with Gasteiger partial charge in [-0.15, -0.1) is 0 Å². The van der Waals surface area contributed by atoms with E-state index in [1.807, 2.05) is 0 Å². The molecule has 2 aliphatic rings. The standard InChI is InChI=1S/C13H22N2/c1-15-13(9-5-6-10-13)12(14)11-7-3-2-4-8-11/h2-4,7,11-12,15H,5-6,8-10,14H2,1H3. The maximum absolute atomic E-state index is 6.45. The molecule has 2 unspecified atom stereocenters. The molecule has 2 nitrogen and oxygen atoms in total. The summed E-state index contributed by atoms with van der Waals surface area (Å²) >= 11 is 0. The molecule has 1 fully saturated rings. The average Bonchev–Trinajstić information content (AvgIpc) is 2.79. The Kier molecular flexibility index (Phi) is 3.27. The van der Waals surface area contributed by atoms with Crippen LogP contribution in [0.5, 0.6) is 0 Å². The highest BCUT2D eigenvalue weighted by Crippen LogP contribution is 2.35. The van der Waals surface area contributed by atoms with Gasteiger partial charge in [-0.05, 0) is 32.2 Å². The van der Waals surface area contributed by atoms with Crippen LogP contribution in [-0.4, -0.2) is 18.6 Å². The van der Waals surface area contributed by atoms with Crippen molar-refractivity contribution < 1.29 is 0 Å². The van der Waals surface area contributed by atoms with Crippen LogP contribution >= 0.6 is 0 Å². The van der Waals surface area contributed by atoms with Gasteiger partial charge in [0.25, 0.3) is 0 Å². The lowest BCUT2D eigenvalue weighted by Crippen LogP contribution is -2.58. The molecular formula is C13H22N2. The maximum Gasteiger partial charge on any atom is 0.0336 e. The minimum absolute atomic E-state index is 0.195. The molecule has 3 N–H and O–H groups in total. The minimum atomic E-state index is 0.195. The fourth-order valence-electron chi connectivity index (χ4n) is 3.03. The number of likely N-dealkylation sites (N-methyl/N-ethyl adjacent to an activating group) is 1. The van der Waals surface area contributed by atoms with Gasteiger partial charge in [0.2, 0.25) is 0 Å². The summed E-state index contributed by atoms with van der Waals surface area (Å²) in [4.78, 5) is 0. The van der Waals surface area contributed by atoms with Crippen molar-refractivity contribution in [2.24, 2.45) is 11.7 Å². The van der Waals surface area contributed by atoms with E-state index >= 15 is 0 Å². The van der Waals surface area contributed by atoms with E-state index in [-0.39, 0.29) is 11.6 Å². The molecule has 0 heterocycles. The van der Waals surface area contributed by atoms with Crippen LogP contribution in [0.4, 0.5) is 0 Å². The van der Waals surface area contributed by atoms with Gasteiger partial charge in [0.1, 0.15) is 0 Å². The molecule has 2 aliphatic carbocycles. The average molecular weight is 206 g/mol. The molecule has 84 valence electrons. The summed E-state index contributed by atoms with van der Waals surface area (Å²) in [5, 5.41) is 3.49. The van der Waals surface area contributed by atoms with Gasteiger partial charge in [0.05, 0.1) is 0 Å². The van der Waals surface area contributed by atoms with E-state index in [2.05, 4.69) is 36.7 Å². The van der Waals surface area contributed by atoms with Crippen molar-refractivity contribution in [3.8, 4) is 0 Å². The van der Waals surface area contributed by atoms with Crippen LogP contribution < -0.4 is 11.1 Å². The zero-order chi connectivity index (χ0) is 10.7. The summed E-state index contributed by atoms with van der Waals surface area (Å²) < 4.78 is 0. The van der Waals surface area contributed by atoms with E-state index in [9.17, 15) is 0 Å². The van der Waals surface area contributed by atoms with E-state index in [0.717, 1.165) is 6.42 Å². The summed E-state index contributed by atoms with van der Waals surface area (Å²) in [5.74, 6) is 0.514. The van der Waals surface area contributed by atoms with Crippen LogP contribution in [0.25, 0.3) is 0 Å². The zero-order valence-corrected chi connectivity index (χ0v) is 9.58. The number of nitrogens with two attached hydrogens (primary N) is 1. The van der Waals surface area contributed by atoms with Crippen LogP contribution in [0.1, 0.15) is 32.1 Å². The zero-order valence-electron chi connectivity index (χ0n) is 9.58. The molecule has 0 aliphatic heterocycles. The SMILES string of the molecule is CNC1(C(N)C2C=CC=CC2)CCCC1. The van der Waals surface area contributed by atoms with E-state index in [4.69, 9.17) is 5.73 Å². The summed E-state index contributed by atoms with van der Waals surface area (Å²) in [7, 11) is 2.06. The maximum atomic E-state index is 6.45. The lowest BCUT2D eigenvalue weighted by molar-refractivity contribution is 0.248. The Labute approximate surface area is 92.6 Å². The number of rotatable bonds is 3. The van der Waals surface area contributed by atoms with Crippen molar-refractivity contribution in [2.75, 3.05) is 7.05 Å². The Balaban J connectivity index is 2.07. The Morgan fingerprint density at radius 2 is 2.07 bits per heavy atom. The van der Waals surface area contributed by atoms with E-state index < -0.39 is 0 Å². The second-order valence-electron chi connectivity index (χ2n) is 4.85. The van der Waals surface area contributed by atoms with Crippen LogP contribution in [0.15, 0.2) is 24.3 Å². The molecule has 0 bridgehead atoms. The summed E-state index contributed by atoms with van der Waals surface area (Å²) in [6.07, 6.45) is 14.9. The van der Waals surface area contributed by atoms with E-state index in [0.29, 0.717) is 5.92 Å². The third kappa shape index (κ3) is 2.01. The quantitative estimate of drug-likeness (QED) is 0.741. The second kappa shape index (κ2) is 4.50. The van der Waals surface area contributed by atoms with Gasteiger partial charge in [-0.2, -0.15) is 0 Å². The summed E-state index contributed by atoms with van der Waals surface area (Å²) in [6.45, 7) is 0. The fraction of sp³-hybridized carbons (Fsp3) is 0.692.